The van der Waals surface area contributed by atoms with Crippen molar-refractivity contribution >= 4 is 22.9 Å². The number of hydrogen-bond acceptors (Lipinski definition) is 4. The highest BCUT2D eigenvalue weighted by Crippen LogP contribution is 2.34. The number of methoxy groups -OCH3 is 1. The molecule has 0 spiro atoms. The van der Waals surface area contributed by atoms with Gasteiger partial charge in [0.05, 0.1) is 18.8 Å². The molecule has 0 saturated heterocycles. The van der Waals surface area contributed by atoms with Crippen molar-refractivity contribution in [2.24, 2.45) is 11.7 Å². The van der Waals surface area contributed by atoms with Gasteiger partial charge in [-0.05, 0) is 35.6 Å². The molecule has 1 atom stereocenters. The third-order valence-corrected chi connectivity index (χ3v) is 4.27. The molecule has 1 amide bonds. The Morgan fingerprint density at radius 1 is 1.33 bits per heavy atom. The van der Waals surface area contributed by atoms with E-state index in [1.165, 1.54) is 4.88 Å². The van der Waals surface area contributed by atoms with Gasteiger partial charge in [0.25, 0.3) is 0 Å². The molecular formula is C16H20N2O2S. The summed E-state index contributed by atoms with van der Waals surface area (Å²) in [6.45, 7) is 4.31. The Hall–Kier alpha value is -2.01. The van der Waals surface area contributed by atoms with Crippen molar-refractivity contribution in [1.82, 2.24) is 0 Å². The van der Waals surface area contributed by atoms with Gasteiger partial charge in [0, 0.05) is 10.4 Å². The maximum Gasteiger partial charge on any atom is 0.248 e. The van der Waals surface area contributed by atoms with E-state index in [0.717, 1.165) is 5.69 Å². The molecule has 0 bridgehead atoms. The Morgan fingerprint density at radius 2 is 2.10 bits per heavy atom. The SMILES string of the molecule is COc1ccc(C(N)=O)cc1NC(c1cccs1)C(C)C. The molecule has 0 aliphatic heterocycles. The number of primary amides is 1. The molecule has 0 aliphatic rings. The first-order valence-electron chi connectivity index (χ1n) is 6.80. The van der Waals surface area contributed by atoms with Crippen LogP contribution >= 0.6 is 11.3 Å². The van der Waals surface area contributed by atoms with E-state index in [9.17, 15) is 4.79 Å². The van der Waals surface area contributed by atoms with Crippen LogP contribution in [0.15, 0.2) is 35.7 Å². The Bertz CT molecular complexity index is 609. The van der Waals surface area contributed by atoms with Crippen molar-refractivity contribution in [3.8, 4) is 5.75 Å². The lowest BCUT2D eigenvalue weighted by molar-refractivity contribution is 0.100. The van der Waals surface area contributed by atoms with Crippen molar-refractivity contribution < 1.29 is 9.53 Å². The minimum atomic E-state index is -0.446. The van der Waals surface area contributed by atoms with Crippen LogP contribution in [0.5, 0.6) is 5.75 Å². The average molecular weight is 304 g/mol. The third-order valence-electron chi connectivity index (χ3n) is 3.31. The van der Waals surface area contributed by atoms with Crippen LogP contribution in [-0.4, -0.2) is 13.0 Å². The molecule has 0 fully saturated rings. The molecular weight excluding hydrogens is 284 g/mol. The van der Waals surface area contributed by atoms with Gasteiger partial charge in [0.2, 0.25) is 5.91 Å². The Morgan fingerprint density at radius 3 is 2.62 bits per heavy atom. The standard InChI is InChI=1S/C16H20N2O2S/c1-10(2)15(14-5-4-8-21-14)18-12-9-11(16(17)19)6-7-13(12)20-3/h4-10,15,18H,1-3H3,(H2,17,19). The fraction of sp³-hybridized carbons (Fsp3) is 0.312. The number of ether oxygens (including phenoxy) is 1. The molecule has 1 unspecified atom stereocenters. The summed E-state index contributed by atoms with van der Waals surface area (Å²) in [4.78, 5) is 12.6. The minimum absolute atomic E-state index is 0.155. The summed E-state index contributed by atoms with van der Waals surface area (Å²) in [5.74, 6) is 0.644. The first-order chi connectivity index (χ1) is 10.0. The number of benzene rings is 1. The van der Waals surface area contributed by atoms with Crippen LogP contribution in [0.3, 0.4) is 0 Å². The fourth-order valence-electron chi connectivity index (χ4n) is 2.18. The normalized spacial score (nSPS) is 12.2. The van der Waals surface area contributed by atoms with Crippen molar-refractivity contribution in [1.29, 1.82) is 0 Å². The van der Waals surface area contributed by atoms with Gasteiger partial charge < -0.3 is 15.8 Å². The first-order valence-corrected chi connectivity index (χ1v) is 7.68. The Balaban J connectivity index is 2.35. The molecule has 4 nitrogen and oxygen atoms in total. The first kappa shape index (κ1) is 15.4. The molecule has 21 heavy (non-hydrogen) atoms. The quantitative estimate of drug-likeness (QED) is 0.856. The summed E-state index contributed by atoms with van der Waals surface area (Å²) in [5, 5.41) is 5.53. The van der Waals surface area contributed by atoms with Gasteiger partial charge in [0.1, 0.15) is 5.75 Å². The van der Waals surface area contributed by atoms with Gasteiger partial charge in [-0.2, -0.15) is 0 Å². The maximum atomic E-state index is 11.4. The van der Waals surface area contributed by atoms with Crippen LogP contribution in [0, 0.1) is 5.92 Å². The lowest BCUT2D eigenvalue weighted by atomic mass is 10.0. The van der Waals surface area contributed by atoms with E-state index in [1.54, 1.807) is 36.6 Å². The van der Waals surface area contributed by atoms with E-state index in [4.69, 9.17) is 10.5 Å². The Labute approximate surface area is 128 Å². The molecule has 2 aromatic rings. The predicted molar refractivity (Wildman–Crippen MR) is 87.0 cm³/mol. The highest BCUT2D eigenvalue weighted by Gasteiger charge is 2.19. The van der Waals surface area contributed by atoms with E-state index in [2.05, 4.69) is 30.6 Å². The topological polar surface area (TPSA) is 64.3 Å². The number of carbonyl (C=O) groups is 1. The second kappa shape index (κ2) is 6.63. The van der Waals surface area contributed by atoms with E-state index < -0.39 is 5.91 Å². The lowest BCUT2D eigenvalue weighted by Gasteiger charge is -2.24. The summed E-state index contributed by atoms with van der Waals surface area (Å²) in [5.41, 5.74) is 6.60. The summed E-state index contributed by atoms with van der Waals surface area (Å²) in [6.07, 6.45) is 0. The van der Waals surface area contributed by atoms with Crippen molar-refractivity contribution in [3.05, 3.63) is 46.2 Å². The number of hydrogen-bond donors (Lipinski definition) is 2. The summed E-state index contributed by atoms with van der Waals surface area (Å²) in [7, 11) is 1.61. The smallest absolute Gasteiger partial charge is 0.248 e. The number of nitrogens with one attached hydrogen (secondary N) is 1. The zero-order chi connectivity index (χ0) is 15.4. The van der Waals surface area contributed by atoms with Gasteiger partial charge in [-0.15, -0.1) is 11.3 Å². The summed E-state index contributed by atoms with van der Waals surface area (Å²) < 4.78 is 5.37. The fourth-order valence-corrected chi connectivity index (χ4v) is 3.13. The zero-order valence-corrected chi connectivity index (χ0v) is 13.2. The van der Waals surface area contributed by atoms with Crippen LogP contribution in [0.4, 0.5) is 5.69 Å². The molecule has 0 saturated carbocycles. The number of rotatable bonds is 6. The van der Waals surface area contributed by atoms with Gasteiger partial charge in [-0.3, -0.25) is 4.79 Å². The zero-order valence-electron chi connectivity index (χ0n) is 12.4. The second-order valence-corrected chi connectivity index (χ2v) is 6.14. The van der Waals surface area contributed by atoms with E-state index in [-0.39, 0.29) is 6.04 Å². The number of thiophene rings is 1. The number of carbonyl (C=O) groups excluding carboxylic acids is 1. The van der Waals surface area contributed by atoms with E-state index in [0.29, 0.717) is 17.2 Å². The molecule has 0 radical (unpaired) electrons. The van der Waals surface area contributed by atoms with Crippen LogP contribution < -0.4 is 15.8 Å². The van der Waals surface area contributed by atoms with Crippen molar-refractivity contribution in [2.45, 2.75) is 19.9 Å². The third kappa shape index (κ3) is 3.55. The number of nitrogens with two attached hydrogens (primary N) is 1. The Kier molecular flexibility index (Phi) is 4.85. The number of anilines is 1. The molecule has 3 N–H and O–H groups in total. The monoisotopic (exact) mass is 304 g/mol. The molecule has 1 aromatic carbocycles. The predicted octanol–water partition coefficient (Wildman–Crippen LogP) is 3.66. The van der Waals surface area contributed by atoms with Gasteiger partial charge in [-0.25, -0.2) is 0 Å². The van der Waals surface area contributed by atoms with Crippen LogP contribution in [0.2, 0.25) is 0 Å². The maximum absolute atomic E-state index is 11.4. The van der Waals surface area contributed by atoms with Crippen molar-refractivity contribution in [2.75, 3.05) is 12.4 Å². The van der Waals surface area contributed by atoms with Gasteiger partial charge >= 0.3 is 0 Å². The van der Waals surface area contributed by atoms with Crippen LogP contribution in [0.1, 0.15) is 35.1 Å². The van der Waals surface area contributed by atoms with Gasteiger partial charge in [0.15, 0.2) is 0 Å². The second-order valence-electron chi connectivity index (χ2n) is 5.16. The summed E-state index contributed by atoms with van der Waals surface area (Å²) in [6, 6.07) is 9.46. The molecule has 112 valence electrons. The van der Waals surface area contributed by atoms with E-state index in [1.807, 2.05) is 6.07 Å². The molecule has 0 aliphatic carbocycles. The van der Waals surface area contributed by atoms with E-state index >= 15 is 0 Å². The molecule has 1 heterocycles. The highest BCUT2D eigenvalue weighted by atomic mass is 32.1. The summed E-state index contributed by atoms with van der Waals surface area (Å²) >= 11 is 1.71. The molecule has 1 aromatic heterocycles. The molecule has 5 heteroatoms. The highest BCUT2D eigenvalue weighted by molar-refractivity contribution is 7.10. The largest absolute Gasteiger partial charge is 0.495 e. The van der Waals surface area contributed by atoms with Crippen LogP contribution in [-0.2, 0) is 0 Å². The molecule has 2 rings (SSSR count). The average Bonchev–Trinajstić information content (AvgIpc) is 2.97. The van der Waals surface area contributed by atoms with Crippen molar-refractivity contribution in [3.63, 3.8) is 0 Å². The van der Waals surface area contributed by atoms with Gasteiger partial charge in [-0.1, -0.05) is 19.9 Å². The number of amides is 1. The lowest BCUT2D eigenvalue weighted by Crippen LogP contribution is -2.17. The van der Waals surface area contributed by atoms with Crippen LogP contribution in [0.25, 0.3) is 0 Å². The minimum Gasteiger partial charge on any atom is -0.495 e.